The summed E-state index contributed by atoms with van der Waals surface area (Å²) in [7, 11) is 1.53. The first-order chi connectivity index (χ1) is 14.1. The number of ether oxygens (including phenoxy) is 1. The van der Waals surface area contributed by atoms with Gasteiger partial charge in [-0.2, -0.15) is 0 Å². The van der Waals surface area contributed by atoms with Crippen molar-refractivity contribution in [2.75, 3.05) is 20.2 Å². The Bertz CT molecular complexity index is 989. The Kier molecular flexibility index (Phi) is 6.97. The molecule has 1 aromatic heterocycles. The highest BCUT2D eigenvalue weighted by Crippen LogP contribution is 2.36. The maximum Gasteiger partial charge on any atom is 0.265 e. The van der Waals surface area contributed by atoms with E-state index >= 15 is 0 Å². The van der Waals surface area contributed by atoms with E-state index in [2.05, 4.69) is 10.6 Å². The number of thiophene rings is 1. The van der Waals surface area contributed by atoms with E-state index in [-0.39, 0.29) is 37.1 Å². The van der Waals surface area contributed by atoms with Gasteiger partial charge in [0, 0.05) is 18.0 Å². The van der Waals surface area contributed by atoms with Crippen LogP contribution in [0.2, 0.25) is 0 Å². The van der Waals surface area contributed by atoms with E-state index in [1.165, 1.54) is 30.6 Å². The minimum absolute atomic E-state index is 0.0882. The first-order valence-electron chi connectivity index (χ1n) is 9.09. The molecule has 0 bridgehead atoms. The van der Waals surface area contributed by atoms with Crippen molar-refractivity contribution >= 4 is 23.2 Å². The predicted octanol–water partition coefficient (Wildman–Crippen LogP) is 3.65. The van der Waals surface area contributed by atoms with Crippen molar-refractivity contribution in [3.63, 3.8) is 0 Å². The normalized spacial score (nSPS) is 10.4. The standard InChI is InChI=1S/C22H21FN2O3S/c1-28-18-14-19(16-7-3-2-4-8-16)29-21(18)22(27)25-11-10-24-20(26)13-15-6-5-9-17(23)12-15/h2-9,12,14H,10-11,13H2,1H3,(H,24,26)(H,25,27). The molecule has 3 rings (SSSR count). The Balaban J connectivity index is 1.50. The molecule has 3 aromatic rings. The second kappa shape index (κ2) is 9.84. The molecule has 0 atom stereocenters. The molecule has 0 aliphatic heterocycles. The lowest BCUT2D eigenvalue weighted by atomic mass is 10.1. The van der Waals surface area contributed by atoms with Gasteiger partial charge in [-0.05, 0) is 29.3 Å². The van der Waals surface area contributed by atoms with Crippen molar-refractivity contribution in [1.29, 1.82) is 0 Å². The highest BCUT2D eigenvalue weighted by atomic mass is 32.1. The van der Waals surface area contributed by atoms with Gasteiger partial charge in [-0.1, -0.05) is 42.5 Å². The number of carbonyl (C=O) groups is 2. The topological polar surface area (TPSA) is 67.4 Å². The molecular formula is C22H21FN2O3S. The van der Waals surface area contributed by atoms with Crippen LogP contribution in [0.15, 0.2) is 60.7 Å². The van der Waals surface area contributed by atoms with Crippen LogP contribution in [0.25, 0.3) is 10.4 Å². The van der Waals surface area contributed by atoms with Gasteiger partial charge in [0.2, 0.25) is 5.91 Å². The molecule has 0 saturated carbocycles. The summed E-state index contributed by atoms with van der Waals surface area (Å²) in [6.45, 7) is 0.550. The lowest BCUT2D eigenvalue weighted by Gasteiger charge is -2.07. The summed E-state index contributed by atoms with van der Waals surface area (Å²) in [6.07, 6.45) is 0.0882. The molecule has 29 heavy (non-hydrogen) atoms. The average Bonchev–Trinajstić information content (AvgIpc) is 3.16. The number of hydrogen-bond donors (Lipinski definition) is 2. The van der Waals surface area contributed by atoms with Crippen LogP contribution in [-0.4, -0.2) is 32.0 Å². The highest BCUT2D eigenvalue weighted by Gasteiger charge is 2.17. The van der Waals surface area contributed by atoms with Gasteiger partial charge in [0.25, 0.3) is 5.91 Å². The molecule has 0 fully saturated rings. The van der Waals surface area contributed by atoms with Crippen molar-refractivity contribution < 1.29 is 18.7 Å². The zero-order chi connectivity index (χ0) is 20.6. The summed E-state index contributed by atoms with van der Waals surface area (Å²) in [5.41, 5.74) is 1.61. The fourth-order valence-corrected chi connectivity index (χ4v) is 3.83. The summed E-state index contributed by atoms with van der Waals surface area (Å²) < 4.78 is 18.5. The SMILES string of the molecule is COc1cc(-c2ccccc2)sc1C(=O)NCCNC(=O)Cc1cccc(F)c1. The third-order valence-corrected chi connectivity index (χ3v) is 5.33. The molecular weight excluding hydrogens is 391 g/mol. The molecule has 1 heterocycles. The molecule has 0 aliphatic rings. The molecule has 7 heteroatoms. The van der Waals surface area contributed by atoms with E-state index in [1.54, 1.807) is 12.1 Å². The van der Waals surface area contributed by atoms with Crippen LogP contribution in [0.5, 0.6) is 5.75 Å². The Hall–Kier alpha value is -3.19. The number of amides is 2. The van der Waals surface area contributed by atoms with E-state index in [4.69, 9.17) is 4.74 Å². The molecule has 2 amide bonds. The van der Waals surface area contributed by atoms with E-state index in [0.29, 0.717) is 16.2 Å². The largest absolute Gasteiger partial charge is 0.495 e. The van der Waals surface area contributed by atoms with Gasteiger partial charge in [-0.3, -0.25) is 9.59 Å². The van der Waals surface area contributed by atoms with Crippen molar-refractivity contribution in [2.24, 2.45) is 0 Å². The first kappa shape index (κ1) is 20.5. The summed E-state index contributed by atoms with van der Waals surface area (Å²) >= 11 is 1.35. The zero-order valence-corrected chi connectivity index (χ0v) is 16.7. The van der Waals surface area contributed by atoms with Crippen molar-refractivity contribution in [2.45, 2.75) is 6.42 Å². The number of rotatable bonds is 8. The Morgan fingerprint density at radius 3 is 2.48 bits per heavy atom. The Labute approximate surface area is 172 Å². The van der Waals surface area contributed by atoms with Crippen LogP contribution in [0.3, 0.4) is 0 Å². The second-order valence-corrected chi connectivity index (χ2v) is 7.34. The predicted molar refractivity (Wildman–Crippen MR) is 112 cm³/mol. The minimum atomic E-state index is -0.373. The van der Waals surface area contributed by atoms with E-state index in [1.807, 2.05) is 36.4 Å². The Morgan fingerprint density at radius 1 is 1.00 bits per heavy atom. The molecule has 0 radical (unpaired) electrons. The van der Waals surface area contributed by atoms with Gasteiger partial charge in [0.1, 0.15) is 16.4 Å². The maximum atomic E-state index is 13.2. The van der Waals surface area contributed by atoms with Crippen LogP contribution < -0.4 is 15.4 Å². The van der Waals surface area contributed by atoms with E-state index < -0.39 is 0 Å². The van der Waals surface area contributed by atoms with Gasteiger partial charge in [0.05, 0.1) is 13.5 Å². The van der Waals surface area contributed by atoms with Gasteiger partial charge < -0.3 is 15.4 Å². The number of methoxy groups -OCH3 is 1. The van der Waals surface area contributed by atoms with Crippen LogP contribution in [0.4, 0.5) is 4.39 Å². The van der Waals surface area contributed by atoms with Gasteiger partial charge in [0.15, 0.2) is 0 Å². The Morgan fingerprint density at radius 2 is 1.76 bits per heavy atom. The number of nitrogens with one attached hydrogen (secondary N) is 2. The number of benzene rings is 2. The number of hydrogen-bond acceptors (Lipinski definition) is 4. The van der Waals surface area contributed by atoms with Crippen molar-refractivity contribution in [3.8, 4) is 16.2 Å². The van der Waals surface area contributed by atoms with Crippen molar-refractivity contribution in [1.82, 2.24) is 10.6 Å². The summed E-state index contributed by atoms with van der Waals surface area (Å²) in [6, 6.07) is 17.5. The van der Waals surface area contributed by atoms with Gasteiger partial charge in [-0.15, -0.1) is 11.3 Å². The van der Waals surface area contributed by atoms with Crippen LogP contribution in [0, 0.1) is 5.82 Å². The van der Waals surface area contributed by atoms with Gasteiger partial charge >= 0.3 is 0 Å². The fourth-order valence-electron chi connectivity index (χ4n) is 2.78. The summed E-state index contributed by atoms with van der Waals surface area (Å²) in [5, 5.41) is 5.50. The highest BCUT2D eigenvalue weighted by molar-refractivity contribution is 7.17. The summed E-state index contributed by atoms with van der Waals surface area (Å²) in [4.78, 5) is 25.9. The van der Waals surface area contributed by atoms with E-state index in [9.17, 15) is 14.0 Å². The first-order valence-corrected chi connectivity index (χ1v) is 9.91. The van der Waals surface area contributed by atoms with E-state index in [0.717, 1.165) is 10.4 Å². The fraction of sp³-hybridized carbons (Fsp3) is 0.182. The molecule has 0 saturated heterocycles. The smallest absolute Gasteiger partial charge is 0.265 e. The van der Waals surface area contributed by atoms with Crippen LogP contribution >= 0.6 is 11.3 Å². The molecule has 2 aromatic carbocycles. The van der Waals surface area contributed by atoms with Crippen LogP contribution in [0.1, 0.15) is 15.2 Å². The number of carbonyl (C=O) groups excluding carboxylic acids is 2. The monoisotopic (exact) mass is 412 g/mol. The quantitative estimate of drug-likeness (QED) is 0.555. The number of halogens is 1. The zero-order valence-electron chi connectivity index (χ0n) is 15.9. The third kappa shape index (κ3) is 5.65. The van der Waals surface area contributed by atoms with Crippen molar-refractivity contribution in [3.05, 3.63) is 76.9 Å². The molecule has 0 aliphatic carbocycles. The lowest BCUT2D eigenvalue weighted by Crippen LogP contribution is -2.35. The molecule has 5 nitrogen and oxygen atoms in total. The summed E-state index contributed by atoms with van der Waals surface area (Å²) in [5.74, 6) is -0.345. The molecule has 0 unspecified atom stereocenters. The molecule has 2 N–H and O–H groups in total. The van der Waals surface area contributed by atoms with Gasteiger partial charge in [-0.25, -0.2) is 4.39 Å². The average molecular weight is 412 g/mol. The molecule has 0 spiro atoms. The second-order valence-electron chi connectivity index (χ2n) is 6.29. The third-order valence-electron chi connectivity index (χ3n) is 4.17. The van der Waals surface area contributed by atoms with Crippen LogP contribution in [-0.2, 0) is 11.2 Å². The maximum absolute atomic E-state index is 13.2. The molecule has 150 valence electrons. The lowest BCUT2D eigenvalue weighted by molar-refractivity contribution is -0.120. The minimum Gasteiger partial charge on any atom is -0.495 e.